The van der Waals surface area contributed by atoms with Gasteiger partial charge in [-0.15, -0.1) is 0 Å². The van der Waals surface area contributed by atoms with Gasteiger partial charge in [-0.05, 0) is 39.0 Å². The minimum absolute atomic E-state index is 0.0241. The summed E-state index contributed by atoms with van der Waals surface area (Å²) in [4.78, 5) is 28.5. The average Bonchev–Trinajstić information content (AvgIpc) is 2.92. The standard InChI is InChI=1S/C16H19FN4O3S/c1-16(2,3)24-15(23)21(18)14-19-9-12(25-14)8-13(22)20-11-6-4-5-10(17)7-11/h4-7,9H,8,18H2,1-3H3,(H,20,22). The lowest BCUT2D eigenvalue weighted by molar-refractivity contribution is -0.115. The van der Waals surface area contributed by atoms with Gasteiger partial charge in [0.25, 0.3) is 0 Å². The van der Waals surface area contributed by atoms with Gasteiger partial charge in [0.2, 0.25) is 11.0 Å². The number of nitrogens with one attached hydrogen (secondary N) is 1. The van der Waals surface area contributed by atoms with Crippen LogP contribution >= 0.6 is 11.3 Å². The predicted molar refractivity (Wildman–Crippen MR) is 93.7 cm³/mol. The summed E-state index contributed by atoms with van der Waals surface area (Å²) in [5, 5.41) is 3.59. The Morgan fingerprint density at radius 2 is 2.12 bits per heavy atom. The fourth-order valence-corrected chi connectivity index (χ4v) is 2.63. The number of hydrogen-bond acceptors (Lipinski definition) is 6. The van der Waals surface area contributed by atoms with Crippen LogP contribution in [0.4, 0.5) is 20.0 Å². The number of nitrogens with zero attached hydrogens (tertiary/aromatic N) is 2. The first-order chi connectivity index (χ1) is 11.6. The number of nitrogens with two attached hydrogens (primary N) is 1. The predicted octanol–water partition coefficient (Wildman–Crippen LogP) is 3.08. The first kappa shape index (κ1) is 18.8. The van der Waals surface area contributed by atoms with Gasteiger partial charge in [-0.25, -0.2) is 20.0 Å². The second kappa shape index (κ2) is 7.58. The number of benzene rings is 1. The smallest absolute Gasteiger partial charge is 0.431 e. The van der Waals surface area contributed by atoms with Crippen molar-refractivity contribution in [1.29, 1.82) is 0 Å². The molecule has 3 N–H and O–H groups in total. The quantitative estimate of drug-likeness (QED) is 0.492. The van der Waals surface area contributed by atoms with Crippen molar-refractivity contribution in [3.63, 3.8) is 0 Å². The van der Waals surface area contributed by atoms with Gasteiger partial charge in [-0.1, -0.05) is 17.4 Å². The number of hydrogen-bond donors (Lipinski definition) is 2. The third-order valence-corrected chi connectivity index (χ3v) is 3.78. The van der Waals surface area contributed by atoms with Crippen LogP contribution in [-0.4, -0.2) is 22.6 Å². The van der Waals surface area contributed by atoms with Crippen LogP contribution in [0.3, 0.4) is 0 Å². The molecular formula is C16H19FN4O3S. The third-order valence-electron chi connectivity index (χ3n) is 2.78. The van der Waals surface area contributed by atoms with Crippen molar-refractivity contribution < 1.29 is 18.7 Å². The maximum atomic E-state index is 13.1. The minimum Gasteiger partial charge on any atom is -0.442 e. The van der Waals surface area contributed by atoms with Crippen molar-refractivity contribution in [2.24, 2.45) is 5.84 Å². The highest BCUT2D eigenvalue weighted by Gasteiger charge is 2.23. The highest BCUT2D eigenvalue weighted by atomic mass is 32.1. The minimum atomic E-state index is -0.738. The number of anilines is 2. The molecule has 1 heterocycles. The molecule has 0 saturated heterocycles. The molecule has 0 aliphatic rings. The molecule has 0 atom stereocenters. The van der Waals surface area contributed by atoms with Gasteiger partial charge < -0.3 is 10.1 Å². The summed E-state index contributed by atoms with van der Waals surface area (Å²) in [6.45, 7) is 5.17. The molecule has 1 aromatic heterocycles. The van der Waals surface area contributed by atoms with Gasteiger partial charge in [-0.3, -0.25) is 4.79 Å². The van der Waals surface area contributed by atoms with E-state index in [2.05, 4.69) is 10.3 Å². The molecule has 0 spiro atoms. The molecule has 25 heavy (non-hydrogen) atoms. The molecule has 7 nitrogen and oxygen atoms in total. The van der Waals surface area contributed by atoms with Crippen molar-refractivity contribution in [2.75, 3.05) is 10.3 Å². The van der Waals surface area contributed by atoms with E-state index in [1.54, 1.807) is 26.8 Å². The molecule has 9 heteroatoms. The number of carbonyl (C=O) groups is 2. The zero-order chi connectivity index (χ0) is 18.6. The summed E-state index contributed by atoms with van der Waals surface area (Å²) < 4.78 is 18.3. The lowest BCUT2D eigenvalue weighted by atomic mass is 10.2. The zero-order valence-electron chi connectivity index (χ0n) is 14.1. The van der Waals surface area contributed by atoms with Gasteiger partial charge in [-0.2, -0.15) is 5.01 Å². The summed E-state index contributed by atoms with van der Waals surface area (Å²) >= 11 is 1.09. The Kier molecular flexibility index (Phi) is 5.70. The normalized spacial score (nSPS) is 11.1. The van der Waals surface area contributed by atoms with Gasteiger partial charge in [0, 0.05) is 16.8 Å². The highest BCUT2D eigenvalue weighted by molar-refractivity contribution is 7.15. The first-order valence-corrected chi connectivity index (χ1v) is 8.23. The van der Waals surface area contributed by atoms with Crippen LogP contribution < -0.4 is 16.2 Å². The summed E-state index contributed by atoms with van der Waals surface area (Å²) in [5.74, 6) is 4.93. The fraction of sp³-hybridized carbons (Fsp3) is 0.312. The van der Waals surface area contributed by atoms with Crippen LogP contribution in [0.25, 0.3) is 0 Å². The number of rotatable bonds is 4. The Morgan fingerprint density at radius 1 is 1.40 bits per heavy atom. The molecule has 0 bridgehead atoms. The number of aromatic nitrogens is 1. The van der Waals surface area contributed by atoms with Gasteiger partial charge in [0.1, 0.15) is 11.4 Å². The molecule has 0 radical (unpaired) electrons. The summed E-state index contributed by atoms with van der Waals surface area (Å²) in [6, 6.07) is 5.60. The highest BCUT2D eigenvalue weighted by Crippen LogP contribution is 2.23. The van der Waals surface area contributed by atoms with Crippen LogP contribution in [0.15, 0.2) is 30.5 Å². The SMILES string of the molecule is CC(C)(C)OC(=O)N(N)c1ncc(CC(=O)Nc2cccc(F)c2)s1. The molecule has 0 aliphatic carbocycles. The Labute approximate surface area is 148 Å². The van der Waals surface area contributed by atoms with E-state index in [4.69, 9.17) is 10.6 Å². The molecule has 2 aromatic rings. The van der Waals surface area contributed by atoms with Crippen LogP contribution in [0.5, 0.6) is 0 Å². The van der Waals surface area contributed by atoms with E-state index in [-0.39, 0.29) is 17.5 Å². The lowest BCUT2D eigenvalue weighted by Crippen LogP contribution is -2.41. The molecule has 1 aromatic carbocycles. The molecule has 0 saturated carbocycles. The Morgan fingerprint density at radius 3 is 2.76 bits per heavy atom. The van der Waals surface area contributed by atoms with Gasteiger partial charge >= 0.3 is 6.09 Å². The molecular weight excluding hydrogens is 347 g/mol. The molecule has 134 valence electrons. The Hall–Kier alpha value is -2.52. The second-order valence-corrected chi connectivity index (χ2v) is 7.29. The lowest BCUT2D eigenvalue weighted by Gasteiger charge is -2.22. The molecule has 2 rings (SSSR count). The Balaban J connectivity index is 1.96. The fourth-order valence-electron chi connectivity index (χ4n) is 1.81. The summed E-state index contributed by atoms with van der Waals surface area (Å²) in [7, 11) is 0. The molecule has 2 amide bonds. The van der Waals surface area contributed by atoms with Crippen LogP contribution in [-0.2, 0) is 16.0 Å². The maximum Gasteiger partial charge on any atom is 0.431 e. The largest absolute Gasteiger partial charge is 0.442 e. The summed E-state index contributed by atoms with van der Waals surface area (Å²) in [6.07, 6.45) is 0.740. The van der Waals surface area contributed by atoms with Crippen molar-refractivity contribution in [2.45, 2.75) is 32.8 Å². The van der Waals surface area contributed by atoms with Crippen LogP contribution in [0.2, 0.25) is 0 Å². The Bertz CT molecular complexity index is 773. The average molecular weight is 366 g/mol. The van der Waals surface area contributed by atoms with Gasteiger partial charge in [0.05, 0.1) is 6.42 Å². The number of amides is 2. The number of thiazole rings is 1. The van der Waals surface area contributed by atoms with E-state index in [1.165, 1.54) is 24.4 Å². The van der Waals surface area contributed by atoms with Crippen molar-refractivity contribution >= 4 is 34.2 Å². The number of carbonyl (C=O) groups excluding carboxylic acids is 2. The molecule has 0 unspecified atom stereocenters. The first-order valence-electron chi connectivity index (χ1n) is 7.42. The van der Waals surface area contributed by atoms with Gasteiger partial charge in [0.15, 0.2) is 0 Å². The van der Waals surface area contributed by atoms with Crippen molar-refractivity contribution in [3.8, 4) is 0 Å². The zero-order valence-corrected chi connectivity index (χ0v) is 14.9. The van der Waals surface area contributed by atoms with Crippen molar-refractivity contribution in [1.82, 2.24) is 4.98 Å². The maximum absolute atomic E-state index is 13.1. The second-order valence-electron chi connectivity index (χ2n) is 6.19. The van der Waals surface area contributed by atoms with Crippen molar-refractivity contribution in [3.05, 3.63) is 41.2 Å². The summed E-state index contributed by atoms with van der Waals surface area (Å²) in [5.41, 5.74) is -0.316. The monoisotopic (exact) mass is 366 g/mol. The van der Waals surface area contributed by atoms with Crippen LogP contribution in [0.1, 0.15) is 25.6 Å². The topological polar surface area (TPSA) is 97.6 Å². The number of hydrazine groups is 1. The van der Waals surface area contributed by atoms with E-state index in [9.17, 15) is 14.0 Å². The molecule has 0 fully saturated rings. The molecule has 0 aliphatic heterocycles. The van der Waals surface area contributed by atoms with E-state index in [1.807, 2.05) is 0 Å². The number of ether oxygens (including phenoxy) is 1. The van der Waals surface area contributed by atoms with E-state index < -0.39 is 17.5 Å². The van der Waals surface area contributed by atoms with E-state index in [0.717, 1.165) is 16.3 Å². The van der Waals surface area contributed by atoms with Crippen LogP contribution in [0, 0.1) is 5.82 Å². The van der Waals surface area contributed by atoms with E-state index >= 15 is 0 Å². The van der Waals surface area contributed by atoms with E-state index in [0.29, 0.717) is 10.6 Å². The third kappa shape index (κ3) is 5.80. The number of halogens is 1.